The number of rotatable bonds is 3. The van der Waals surface area contributed by atoms with Crippen LogP contribution in [-0.2, 0) is 14.4 Å². The Labute approximate surface area is 82.7 Å². The van der Waals surface area contributed by atoms with Gasteiger partial charge in [0, 0.05) is 26.2 Å². The normalized spacial score (nSPS) is 17.4. The molecule has 0 atom stereocenters. The summed E-state index contributed by atoms with van der Waals surface area (Å²) in [5, 5.41) is 0. The summed E-state index contributed by atoms with van der Waals surface area (Å²) in [6.07, 6.45) is 2.95. The second-order valence-corrected chi connectivity index (χ2v) is 3.10. The van der Waals surface area contributed by atoms with Crippen LogP contribution in [0.4, 0.5) is 0 Å². The summed E-state index contributed by atoms with van der Waals surface area (Å²) in [5.41, 5.74) is 2.70. The van der Waals surface area contributed by atoms with Crippen LogP contribution in [0.2, 0.25) is 0 Å². The molecule has 0 aromatic carbocycles. The second-order valence-electron chi connectivity index (χ2n) is 3.10. The fourth-order valence-corrected chi connectivity index (χ4v) is 1.27. The highest BCUT2D eigenvalue weighted by atomic mass is 16.7. The van der Waals surface area contributed by atoms with Gasteiger partial charge in [-0.15, -0.1) is 0 Å². The van der Waals surface area contributed by atoms with Crippen LogP contribution < -0.4 is 5.48 Å². The summed E-state index contributed by atoms with van der Waals surface area (Å²) in [4.78, 5) is 28.5. The molecule has 1 fully saturated rings. The minimum absolute atomic E-state index is 0.0570. The minimum atomic E-state index is -0.466. The number of carbonyl (C=O) groups is 2. The van der Waals surface area contributed by atoms with Crippen molar-refractivity contribution in [1.29, 1.82) is 0 Å². The average Bonchev–Trinajstić information content (AvgIpc) is 2.52. The van der Waals surface area contributed by atoms with E-state index in [0.29, 0.717) is 18.5 Å². The fraction of sp³-hybridized carbons (Fsp3) is 0.556. The summed E-state index contributed by atoms with van der Waals surface area (Å²) < 4.78 is 0. The molecule has 14 heavy (non-hydrogen) atoms. The number of hydroxylamine groups is 1. The van der Waals surface area contributed by atoms with E-state index in [1.165, 1.54) is 13.2 Å². The molecule has 1 aliphatic rings. The van der Waals surface area contributed by atoms with Gasteiger partial charge in [-0.1, -0.05) is 0 Å². The van der Waals surface area contributed by atoms with E-state index in [1.54, 1.807) is 11.8 Å². The standard InChI is InChI=1S/C9H14N2O3/c1-7(9(13)14-10-2)6-11-5-3-4-8(11)12/h6,10H,3-5H2,1-2H3. The number of nitrogens with one attached hydrogen (secondary N) is 1. The van der Waals surface area contributed by atoms with Crippen LogP contribution in [0.25, 0.3) is 0 Å². The number of amides is 1. The van der Waals surface area contributed by atoms with Crippen molar-refractivity contribution in [3.63, 3.8) is 0 Å². The zero-order valence-electron chi connectivity index (χ0n) is 8.37. The molecular weight excluding hydrogens is 184 g/mol. The zero-order chi connectivity index (χ0) is 10.6. The van der Waals surface area contributed by atoms with Crippen LogP contribution in [0, 0.1) is 0 Å². The van der Waals surface area contributed by atoms with E-state index < -0.39 is 5.97 Å². The van der Waals surface area contributed by atoms with Crippen molar-refractivity contribution in [1.82, 2.24) is 10.4 Å². The first-order valence-corrected chi connectivity index (χ1v) is 4.51. The van der Waals surface area contributed by atoms with Gasteiger partial charge < -0.3 is 9.74 Å². The Bertz CT molecular complexity index is 273. The molecule has 1 amide bonds. The third-order valence-corrected chi connectivity index (χ3v) is 1.98. The van der Waals surface area contributed by atoms with E-state index in [2.05, 4.69) is 10.3 Å². The molecule has 0 aromatic rings. The topological polar surface area (TPSA) is 58.6 Å². The van der Waals surface area contributed by atoms with Crippen LogP contribution in [-0.4, -0.2) is 30.4 Å². The van der Waals surface area contributed by atoms with Crippen LogP contribution in [0.5, 0.6) is 0 Å². The van der Waals surface area contributed by atoms with Crippen molar-refractivity contribution in [2.45, 2.75) is 19.8 Å². The van der Waals surface area contributed by atoms with E-state index in [0.717, 1.165) is 6.42 Å². The van der Waals surface area contributed by atoms with Gasteiger partial charge in [0.2, 0.25) is 5.91 Å². The lowest BCUT2D eigenvalue weighted by atomic mass is 10.3. The molecular formula is C9H14N2O3. The minimum Gasteiger partial charge on any atom is -0.367 e. The molecule has 0 spiro atoms. The smallest absolute Gasteiger partial charge is 0.353 e. The second kappa shape index (κ2) is 4.76. The van der Waals surface area contributed by atoms with Gasteiger partial charge in [0.1, 0.15) is 0 Å². The van der Waals surface area contributed by atoms with Crippen molar-refractivity contribution in [3.8, 4) is 0 Å². The highest BCUT2D eigenvalue weighted by molar-refractivity contribution is 5.88. The Morgan fingerprint density at radius 3 is 2.86 bits per heavy atom. The molecule has 1 aliphatic heterocycles. The predicted octanol–water partition coefficient (Wildman–Crippen LogP) is 0.190. The van der Waals surface area contributed by atoms with Gasteiger partial charge in [0.25, 0.3) is 0 Å². The maximum absolute atomic E-state index is 11.2. The quantitative estimate of drug-likeness (QED) is 0.519. The van der Waals surface area contributed by atoms with Gasteiger partial charge >= 0.3 is 5.97 Å². The molecule has 0 saturated carbocycles. The molecule has 0 aliphatic carbocycles. The fourth-order valence-electron chi connectivity index (χ4n) is 1.27. The van der Waals surface area contributed by atoms with Gasteiger partial charge in [-0.05, 0) is 13.3 Å². The average molecular weight is 198 g/mol. The Balaban J connectivity index is 2.58. The van der Waals surface area contributed by atoms with E-state index in [1.807, 2.05) is 0 Å². The Kier molecular flexibility index (Phi) is 3.64. The first-order valence-electron chi connectivity index (χ1n) is 4.51. The highest BCUT2D eigenvalue weighted by Gasteiger charge is 2.19. The lowest BCUT2D eigenvalue weighted by Gasteiger charge is -2.10. The van der Waals surface area contributed by atoms with E-state index in [-0.39, 0.29) is 5.91 Å². The Morgan fingerprint density at radius 1 is 1.64 bits per heavy atom. The summed E-state index contributed by atoms with van der Waals surface area (Å²) in [5.74, 6) is -0.409. The van der Waals surface area contributed by atoms with Crippen LogP contribution in [0.15, 0.2) is 11.8 Å². The molecule has 0 unspecified atom stereocenters. The van der Waals surface area contributed by atoms with Gasteiger partial charge in [0.15, 0.2) is 0 Å². The molecule has 1 heterocycles. The monoisotopic (exact) mass is 198 g/mol. The molecule has 5 nitrogen and oxygen atoms in total. The Hall–Kier alpha value is -1.36. The number of carbonyl (C=O) groups excluding carboxylic acids is 2. The van der Waals surface area contributed by atoms with Crippen molar-refractivity contribution >= 4 is 11.9 Å². The lowest BCUT2D eigenvalue weighted by Crippen LogP contribution is -2.21. The van der Waals surface area contributed by atoms with E-state index in [4.69, 9.17) is 0 Å². The molecule has 1 N–H and O–H groups in total. The maximum atomic E-state index is 11.2. The van der Waals surface area contributed by atoms with Gasteiger partial charge in [0.05, 0.1) is 5.57 Å². The van der Waals surface area contributed by atoms with Crippen LogP contribution >= 0.6 is 0 Å². The summed E-state index contributed by atoms with van der Waals surface area (Å²) in [7, 11) is 1.51. The molecule has 78 valence electrons. The van der Waals surface area contributed by atoms with E-state index in [9.17, 15) is 9.59 Å². The van der Waals surface area contributed by atoms with Gasteiger partial charge in [-0.2, -0.15) is 5.48 Å². The lowest BCUT2D eigenvalue weighted by molar-refractivity contribution is -0.145. The third-order valence-electron chi connectivity index (χ3n) is 1.98. The molecule has 1 rings (SSSR count). The number of hydrogen-bond acceptors (Lipinski definition) is 4. The van der Waals surface area contributed by atoms with Crippen molar-refractivity contribution < 1.29 is 14.4 Å². The number of likely N-dealkylation sites (tertiary alicyclic amines) is 1. The maximum Gasteiger partial charge on any atom is 0.353 e. The molecule has 0 bridgehead atoms. The van der Waals surface area contributed by atoms with Crippen molar-refractivity contribution in [2.24, 2.45) is 0 Å². The first-order chi connectivity index (χ1) is 6.65. The predicted molar refractivity (Wildman–Crippen MR) is 49.9 cm³/mol. The van der Waals surface area contributed by atoms with Crippen LogP contribution in [0.3, 0.4) is 0 Å². The molecule has 5 heteroatoms. The zero-order valence-corrected chi connectivity index (χ0v) is 8.37. The summed E-state index contributed by atoms with van der Waals surface area (Å²) in [6, 6.07) is 0. The Morgan fingerprint density at radius 2 is 2.36 bits per heavy atom. The van der Waals surface area contributed by atoms with Gasteiger partial charge in [-0.3, -0.25) is 4.79 Å². The van der Waals surface area contributed by atoms with Crippen LogP contribution in [0.1, 0.15) is 19.8 Å². The summed E-state index contributed by atoms with van der Waals surface area (Å²) in [6.45, 7) is 2.30. The highest BCUT2D eigenvalue weighted by Crippen LogP contribution is 2.11. The molecule has 0 radical (unpaired) electrons. The van der Waals surface area contributed by atoms with Crippen molar-refractivity contribution in [2.75, 3.05) is 13.6 Å². The largest absolute Gasteiger partial charge is 0.367 e. The molecule has 0 aromatic heterocycles. The number of hydrogen-bond donors (Lipinski definition) is 1. The number of nitrogens with zero attached hydrogens (tertiary/aromatic N) is 1. The molecule has 1 saturated heterocycles. The van der Waals surface area contributed by atoms with Crippen molar-refractivity contribution in [3.05, 3.63) is 11.8 Å². The third kappa shape index (κ3) is 2.56. The summed E-state index contributed by atoms with van der Waals surface area (Å²) >= 11 is 0. The van der Waals surface area contributed by atoms with E-state index >= 15 is 0 Å². The SMILES string of the molecule is CNOC(=O)C(C)=CN1CCCC1=O. The first kappa shape index (κ1) is 10.7. The van der Waals surface area contributed by atoms with Gasteiger partial charge in [-0.25, -0.2) is 4.79 Å².